The van der Waals surface area contributed by atoms with Gasteiger partial charge in [0.05, 0.1) is 5.69 Å². The average Bonchev–Trinajstić information content (AvgIpc) is 3.02. The van der Waals surface area contributed by atoms with Gasteiger partial charge in [0.15, 0.2) is 0 Å². The molecule has 2 rings (SSSR count). The Kier molecular flexibility index (Phi) is 4.09. The van der Waals surface area contributed by atoms with E-state index in [1.54, 1.807) is 11.3 Å². The Labute approximate surface area is 101 Å². The Morgan fingerprint density at radius 3 is 3.12 bits per heavy atom. The highest BCUT2D eigenvalue weighted by Gasteiger charge is 2.28. The maximum Gasteiger partial charge on any atom is 0.107 e. The first-order valence-corrected chi connectivity index (χ1v) is 6.64. The zero-order chi connectivity index (χ0) is 11.4. The van der Waals surface area contributed by atoms with Gasteiger partial charge in [0.25, 0.3) is 0 Å². The van der Waals surface area contributed by atoms with E-state index in [0.29, 0.717) is 0 Å². The standard InChI is InChI=1S/C12H19N3S/c1-3-6-15(11-4-5-11)8-10-9-16-12(14-10)7-13-2/h3,9,11,13H,1,4-8H2,2H3. The quantitative estimate of drug-likeness (QED) is 0.735. The molecule has 0 spiro atoms. The first-order chi connectivity index (χ1) is 7.83. The van der Waals surface area contributed by atoms with Crippen LogP contribution in [0.25, 0.3) is 0 Å². The largest absolute Gasteiger partial charge is 0.314 e. The van der Waals surface area contributed by atoms with Gasteiger partial charge in [0, 0.05) is 31.1 Å². The summed E-state index contributed by atoms with van der Waals surface area (Å²) in [6.45, 7) is 6.63. The van der Waals surface area contributed by atoms with Gasteiger partial charge >= 0.3 is 0 Å². The van der Waals surface area contributed by atoms with E-state index in [-0.39, 0.29) is 0 Å². The van der Waals surface area contributed by atoms with Crippen molar-refractivity contribution in [2.45, 2.75) is 32.0 Å². The normalized spacial score (nSPS) is 15.6. The SMILES string of the molecule is C=CCN(Cc1csc(CNC)n1)C1CC1. The molecule has 1 aliphatic carbocycles. The van der Waals surface area contributed by atoms with Gasteiger partial charge in [-0.2, -0.15) is 0 Å². The van der Waals surface area contributed by atoms with Crippen LogP contribution in [-0.2, 0) is 13.1 Å². The summed E-state index contributed by atoms with van der Waals surface area (Å²) in [4.78, 5) is 7.08. The van der Waals surface area contributed by atoms with Crippen molar-refractivity contribution in [1.82, 2.24) is 15.2 Å². The minimum Gasteiger partial charge on any atom is -0.314 e. The highest BCUT2D eigenvalue weighted by atomic mass is 32.1. The van der Waals surface area contributed by atoms with Crippen molar-refractivity contribution in [2.75, 3.05) is 13.6 Å². The van der Waals surface area contributed by atoms with Crippen molar-refractivity contribution in [2.24, 2.45) is 0 Å². The fraction of sp³-hybridized carbons (Fsp3) is 0.583. The van der Waals surface area contributed by atoms with Gasteiger partial charge in [-0.3, -0.25) is 4.90 Å². The number of aromatic nitrogens is 1. The second kappa shape index (κ2) is 5.57. The fourth-order valence-corrected chi connectivity index (χ4v) is 2.61. The third-order valence-electron chi connectivity index (χ3n) is 2.72. The van der Waals surface area contributed by atoms with Gasteiger partial charge in [-0.05, 0) is 19.9 Å². The number of rotatable bonds is 7. The summed E-state index contributed by atoms with van der Waals surface area (Å²) in [7, 11) is 1.95. The molecule has 1 saturated carbocycles. The molecule has 0 atom stereocenters. The van der Waals surface area contributed by atoms with Gasteiger partial charge in [-0.1, -0.05) is 6.08 Å². The van der Waals surface area contributed by atoms with Crippen LogP contribution >= 0.6 is 11.3 Å². The molecule has 1 aromatic heterocycles. The van der Waals surface area contributed by atoms with Gasteiger partial charge in [-0.25, -0.2) is 4.98 Å². The van der Waals surface area contributed by atoms with E-state index in [0.717, 1.165) is 25.7 Å². The van der Waals surface area contributed by atoms with E-state index in [2.05, 4.69) is 27.2 Å². The van der Waals surface area contributed by atoms with E-state index in [1.165, 1.54) is 23.5 Å². The zero-order valence-electron chi connectivity index (χ0n) is 9.78. The molecule has 16 heavy (non-hydrogen) atoms. The van der Waals surface area contributed by atoms with Gasteiger partial charge in [-0.15, -0.1) is 17.9 Å². The molecule has 0 aliphatic heterocycles. The molecule has 1 aromatic rings. The molecule has 0 bridgehead atoms. The van der Waals surface area contributed by atoms with Gasteiger partial charge < -0.3 is 5.32 Å². The molecule has 88 valence electrons. The van der Waals surface area contributed by atoms with Crippen molar-refractivity contribution in [1.29, 1.82) is 0 Å². The van der Waals surface area contributed by atoms with Crippen molar-refractivity contribution in [3.63, 3.8) is 0 Å². The van der Waals surface area contributed by atoms with E-state index < -0.39 is 0 Å². The summed E-state index contributed by atoms with van der Waals surface area (Å²) in [6, 6.07) is 0.771. The molecule has 1 fully saturated rings. The number of nitrogens with one attached hydrogen (secondary N) is 1. The Morgan fingerprint density at radius 1 is 1.69 bits per heavy atom. The van der Waals surface area contributed by atoms with Crippen molar-refractivity contribution < 1.29 is 0 Å². The molecular weight excluding hydrogens is 218 g/mol. The number of hydrogen-bond donors (Lipinski definition) is 1. The summed E-state index contributed by atoms with van der Waals surface area (Å²) in [5.41, 5.74) is 1.20. The van der Waals surface area contributed by atoms with Crippen LogP contribution in [0, 0.1) is 0 Å². The molecular formula is C12H19N3S. The molecule has 0 amide bonds. The zero-order valence-corrected chi connectivity index (χ0v) is 10.6. The first kappa shape index (κ1) is 11.8. The molecule has 1 N–H and O–H groups in total. The molecule has 0 saturated heterocycles. The fourth-order valence-electron chi connectivity index (χ4n) is 1.81. The second-order valence-electron chi connectivity index (χ2n) is 4.21. The molecule has 0 radical (unpaired) electrons. The number of hydrogen-bond acceptors (Lipinski definition) is 4. The van der Waals surface area contributed by atoms with E-state index >= 15 is 0 Å². The first-order valence-electron chi connectivity index (χ1n) is 5.76. The lowest BCUT2D eigenvalue weighted by atomic mass is 10.4. The van der Waals surface area contributed by atoms with E-state index in [9.17, 15) is 0 Å². The maximum absolute atomic E-state index is 4.61. The predicted octanol–water partition coefficient (Wildman–Crippen LogP) is 2.01. The average molecular weight is 237 g/mol. The lowest BCUT2D eigenvalue weighted by Gasteiger charge is -2.18. The van der Waals surface area contributed by atoms with Gasteiger partial charge in [0.2, 0.25) is 0 Å². The molecule has 1 aliphatic rings. The van der Waals surface area contributed by atoms with Crippen LogP contribution in [0.5, 0.6) is 0 Å². The smallest absolute Gasteiger partial charge is 0.107 e. The lowest BCUT2D eigenvalue weighted by Crippen LogP contribution is -2.25. The topological polar surface area (TPSA) is 28.2 Å². The Morgan fingerprint density at radius 2 is 2.50 bits per heavy atom. The van der Waals surface area contributed by atoms with Crippen LogP contribution < -0.4 is 5.32 Å². The third-order valence-corrected chi connectivity index (χ3v) is 3.62. The van der Waals surface area contributed by atoms with Crippen LogP contribution in [0.3, 0.4) is 0 Å². The Balaban J connectivity index is 1.92. The summed E-state index contributed by atoms with van der Waals surface area (Å²) in [5.74, 6) is 0. The second-order valence-corrected chi connectivity index (χ2v) is 5.15. The molecule has 0 aromatic carbocycles. The molecule has 3 nitrogen and oxygen atoms in total. The van der Waals surface area contributed by atoms with Crippen molar-refractivity contribution in [3.8, 4) is 0 Å². The van der Waals surface area contributed by atoms with Crippen LogP contribution in [0.1, 0.15) is 23.5 Å². The Hall–Kier alpha value is -0.710. The van der Waals surface area contributed by atoms with Crippen LogP contribution in [0.4, 0.5) is 0 Å². The lowest BCUT2D eigenvalue weighted by molar-refractivity contribution is 0.281. The molecule has 0 unspecified atom stereocenters. The van der Waals surface area contributed by atoms with Crippen LogP contribution in [-0.4, -0.2) is 29.5 Å². The number of thiazole rings is 1. The Bertz CT molecular complexity index is 344. The summed E-state index contributed by atoms with van der Waals surface area (Å²) in [5, 5.41) is 6.47. The van der Waals surface area contributed by atoms with E-state index in [1.807, 2.05) is 13.1 Å². The highest BCUT2D eigenvalue weighted by Crippen LogP contribution is 2.28. The monoisotopic (exact) mass is 237 g/mol. The summed E-state index contributed by atoms with van der Waals surface area (Å²) in [6.07, 6.45) is 4.65. The van der Waals surface area contributed by atoms with Gasteiger partial charge in [0.1, 0.15) is 5.01 Å². The summed E-state index contributed by atoms with van der Waals surface area (Å²) < 4.78 is 0. The van der Waals surface area contributed by atoms with Crippen LogP contribution in [0.15, 0.2) is 18.0 Å². The minimum absolute atomic E-state index is 0.771. The maximum atomic E-state index is 4.61. The van der Waals surface area contributed by atoms with Crippen molar-refractivity contribution in [3.05, 3.63) is 28.7 Å². The third kappa shape index (κ3) is 3.14. The summed E-state index contributed by atoms with van der Waals surface area (Å²) >= 11 is 1.74. The van der Waals surface area contributed by atoms with E-state index in [4.69, 9.17) is 0 Å². The number of nitrogens with zero attached hydrogens (tertiary/aromatic N) is 2. The molecule has 1 heterocycles. The molecule has 4 heteroatoms. The predicted molar refractivity (Wildman–Crippen MR) is 68.5 cm³/mol. The highest BCUT2D eigenvalue weighted by molar-refractivity contribution is 7.09. The van der Waals surface area contributed by atoms with Crippen LogP contribution in [0.2, 0.25) is 0 Å². The minimum atomic E-state index is 0.771. The van der Waals surface area contributed by atoms with Crippen molar-refractivity contribution >= 4 is 11.3 Å².